The first-order valence-electron chi connectivity index (χ1n) is 20.3. The fourth-order valence-electron chi connectivity index (χ4n) is 8.97. The van der Waals surface area contributed by atoms with Crippen molar-refractivity contribution in [3.63, 3.8) is 0 Å². The van der Waals surface area contributed by atoms with Gasteiger partial charge in [-0.05, 0) is 73.2 Å². The Bertz CT molecular complexity index is 1970. The number of pyridine rings is 1. The number of halogens is 2. The lowest BCUT2D eigenvalue weighted by molar-refractivity contribution is -0.295. The van der Waals surface area contributed by atoms with Crippen molar-refractivity contribution in [3.05, 3.63) is 30.3 Å². The summed E-state index contributed by atoms with van der Waals surface area (Å²) in [5, 5.41) is 19.4. The highest BCUT2D eigenvalue weighted by Crippen LogP contribution is 2.43. The van der Waals surface area contributed by atoms with Crippen LogP contribution in [-0.2, 0) is 44.6 Å². The highest BCUT2D eigenvalue weighted by atomic mass is 19.1. The van der Waals surface area contributed by atoms with Gasteiger partial charge in [-0.25, -0.2) is 23.6 Å². The summed E-state index contributed by atoms with van der Waals surface area (Å²) in [4.78, 5) is 63.4. The third-order valence-corrected chi connectivity index (χ3v) is 12.3. The summed E-state index contributed by atoms with van der Waals surface area (Å²) in [7, 11) is 4.98. The van der Waals surface area contributed by atoms with E-state index in [-0.39, 0.29) is 49.6 Å². The highest BCUT2D eigenvalue weighted by Gasteiger charge is 2.61. The highest BCUT2D eigenvalue weighted by molar-refractivity contribution is 6.08. The number of ether oxygens (including phenoxy) is 5. The lowest BCUT2D eigenvalue weighted by atomic mass is 9.73. The molecule has 0 radical (unpaired) electrons. The van der Waals surface area contributed by atoms with E-state index >= 15 is 4.39 Å². The molecule has 0 saturated carbocycles. The zero-order valence-corrected chi connectivity index (χ0v) is 36.2. The maximum absolute atomic E-state index is 16.9. The molecule has 330 valence electrons. The van der Waals surface area contributed by atoms with Gasteiger partial charge in [0.15, 0.2) is 17.7 Å². The second-order valence-electron chi connectivity index (χ2n) is 17.0. The fraction of sp³-hybridized carbons (Fsp3) is 0.690. The molecule has 0 bridgehead atoms. The minimum Gasteiger partial charge on any atom is -0.455 e. The second-order valence-corrected chi connectivity index (χ2v) is 17.0. The predicted octanol–water partition coefficient (Wildman–Crippen LogP) is 3.78. The molecule has 2 aromatic rings. The van der Waals surface area contributed by atoms with Crippen molar-refractivity contribution in [2.75, 3.05) is 27.7 Å². The first-order valence-corrected chi connectivity index (χ1v) is 20.3. The number of aliphatic hydroxyl groups excluding tert-OH is 1. The Balaban J connectivity index is 1.49. The standard InChI is InChI=1S/C42H58F2N6O10/c1-12-30-42(8)34(50(39(55)60-42)19-14-13-18-49-22-28(46-47-49)27-16-15-17-31(43)45-27)25(4)32(51)23(2)21-40(6,56-11)36(26(5)35(53)41(7,44)38(54)58-30)59-37-33(52)29(48(9)10)20-24(3)57-37/h15-17,22-26,29-30,33-34,36-37,52H,12,18-21H2,1-11H3/t23-,24-,25+,26+,29?,30-,33?,34-,36-,37+,40-,41+,42-/m1/s1. The van der Waals surface area contributed by atoms with Crippen LogP contribution in [0.1, 0.15) is 74.7 Å². The van der Waals surface area contributed by atoms with Crippen molar-refractivity contribution in [3.8, 4) is 23.2 Å². The van der Waals surface area contributed by atoms with Gasteiger partial charge in [0.25, 0.3) is 5.67 Å². The third-order valence-electron chi connectivity index (χ3n) is 12.3. The van der Waals surface area contributed by atoms with Crippen LogP contribution in [-0.4, -0.2) is 146 Å². The van der Waals surface area contributed by atoms with E-state index in [0.717, 1.165) is 6.92 Å². The second kappa shape index (κ2) is 18.3. The molecule has 13 atom stereocenters. The van der Waals surface area contributed by atoms with Crippen LogP contribution in [0.15, 0.2) is 24.4 Å². The molecule has 5 heterocycles. The molecule has 18 heteroatoms. The number of cyclic esters (lactones) is 1. The van der Waals surface area contributed by atoms with Gasteiger partial charge in [-0.15, -0.1) is 5.10 Å². The average molecular weight is 845 g/mol. The number of esters is 1. The molecule has 5 rings (SSSR count). The molecule has 0 spiro atoms. The van der Waals surface area contributed by atoms with Gasteiger partial charge in [0.1, 0.15) is 30.2 Å². The Kier molecular flexibility index (Phi) is 14.2. The number of rotatable bonds is 8. The summed E-state index contributed by atoms with van der Waals surface area (Å²) in [6, 6.07) is 2.83. The predicted molar refractivity (Wildman–Crippen MR) is 211 cm³/mol. The van der Waals surface area contributed by atoms with Crippen LogP contribution in [0, 0.1) is 35.5 Å². The SMILES string of the molecule is CC[C@H]1OC(=O)[C@@](C)(F)C(=O)[C@H](C)[C@@H](O[C@@H]2O[C@H](C)CC(N(C)C)C2O)[C@](C)(OC)C[C@@H](C)C(=O)[C@H](C)[C@H]2N(CC#CCn3cc(-c4cccc(F)n4)nn3)C(=O)O[C@]12C. The molecular formula is C42H58F2N6O10. The minimum atomic E-state index is -3.22. The quantitative estimate of drug-likeness (QED) is 0.175. The number of fused-ring (bicyclic) bond motifs is 1. The number of likely N-dealkylation sites (N-methyl/N-ethyl adjacent to an activating group) is 1. The Hall–Kier alpha value is -4.41. The van der Waals surface area contributed by atoms with Crippen molar-refractivity contribution in [2.24, 2.45) is 17.8 Å². The molecule has 60 heavy (non-hydrogen) atoms. The molecule has 3 fully saturated rings. The summed E-state index contributed by atoms with van der Waals surface area (Å²) in [6.07, 6.45) is -4.34. The summed E-state index contributed by atoms with van der Waals surface area (Å²) < 4.78 is 62.3. The van der Waals surface area contributed by atoms with Gasteiger partial charge < -0.3 is 33.7 Å². The molecule has 3 aliphatic rings. The molecular weight excluding hydrogens is 786 g/mol. The number of methoxy groups -OCH3 is 1. The number of amides is 1. The van der Waals surface area contributed by atoms with Crippen LogP contribution in [0.4, 0.5) is 13.6 Å². The number of aromatic nitrogens is 4. The topological polar surface area (TPSA) is 185 Å². The largest absolute Gasteiger partial charge is 0.455 e. The van der Waals surface area contributed by atoms with Gasteiger partial charge in [-0.2, -0.15) is 4.39 Å². The van der Waals surface area contributed by atoms with E-state index in [1.54, 1.807) is 47.9 Å². The number of Topliss-reactive ketones (excluding diaryl/α,β-unsaturated/α-hetero) is 2. The van der Waals surface area contributed by atoms with E-state index in [0.29, 0.717) is 12.1 Å². The lowest BCUT2D eigenvalue weighted by Crippen LogP contribution is -2.61. The van der Waals surface area contributed by atoms with Crippen LogP contribution in [0.2, 0.25) is 0 Å². The molecule has 2 unspecified atom stereocenters. The van der Waals surface area contributed by atoms with Crippen LogP contribution >= 0.6 is 0 Å². The van der Waals surface area contributed by atoms with Crippen LogP contribution in [0.25, 0.3) is 11.4 Å². The zero-order chi connectivity index (χ0) is 44.5. The van der Waals surface area contributed by atoms with Gasteiger partial charge in [-0.1, -0.05) is 50.8 Å². The molecule has 0 aromatic carbocycles. The number of nitrogens with zero attached hydrogens (tertiary/aromatic N) is 6. The van der Waals surface area contributed by atoms with E-state index in [1.165, 1.54) is 48.9 Å². The molecule has 2 aromatic heterocycles. The van der Waals surface area contributed by atoms with Crippen LogP contribution in [0.3, 0.4) is 0 Å². The van der Waals surface area contributed by atoms with Gasteiger partial charge in [-0.3, -0.25) is 14.5 Å². The molecule has 16 nitrogen and oxygen atoms in total. The summed E-state index contributed by atoms with van der Waals surface area (Å²) in [5.41, 5.74) is -5.81. The van der Waals surface area contributed by atoms with Gasteiger partial charge in [0.2, 0.25) is 5.95 Å². The number of alkyl halides is 1. The Labute approximate surface area is 349 Å². The number of hydrogen-bond donors (Lipinski definition) is 1. The van der Waals surface area contributed by atoms with E-state index in [1.807, 2.05) is 11.8 Å². The van der Waals surface area contributed by atoms with Crippen LogP contribution < -0.4 is 0 Å². The lowest BCUT2D eigenvalue weighted by Gasteiger charge is -2.47. The maximum atomic E-state index is 16.9. The van der Waals surface area contributed by atoms with E-state index in [4.69, 9.17) is 23.7 Å². The number of carbonyl (C=O) groups excluding carboxylic acids is 4. The molecule has 0 aliphatic carbocycles. The number of hydrogen-bond acceptors (Lipinski definition) is 14. The Morgan fingerprint density at radius 1 is 1.03 bits per heavy atom. The first-order chi connectivity index (χ1) is 28.1. The van der Waals surface area contributed by atoms with Gasteiger partial charge >= 0.3 is 12.1 Å². The molecule has 1 amide bonds. The average Bonchev–Trinajstić information content (AvgIpc) is 3.78. The number of carbonyl (C=O) groups is 4. The fourth-order valence-corrected chi connectivity index (χ4v) is 8.97. The normalized spacial score (nSPS) is 36.9. The van der Waals surface area contributed by atoms with Gasteiger partial charge in [0, 0.05) is 30.9 Å². The summed E-state index contributed by atoms with van der Waals surface area (Å²) in [6.45, 7) is 11.9. The van der Waals surface area contributed by atoms with Crippen molar-refractivity contribution < 1.29 is 56.7 Å². The maximum Gasteiger partial charge on any atom is 0.411 e. The smallest absolute Gasteiger partial charge is 0.411 e. The first kappa shape index (κ1) is 46.7. The zero-order valence-electron chi connectivity index (χ0n) is 36.2. The van der Waals surface area contributed by atoms with Crippen LogP contribution in [0.5, 0.6) is 0 Å². The van der Waals surface area contributed by atoms with Crippen molar-refractivity contribution in [1.82, 2.24) is 29.8 Å². The Morgan fingerprint density at radius 2 is 1.72 bits per heavy atom. The Morgan fingerprint density at radius 3 is 2.35 bits per heavy atom. The molecule has 1 N–H and O–H groups in total. The van der Waals surface area contributed by atoms with E-state index in [9.17, 15) is 28.7 Å². The summed E-state index contributed by atoms with van der Waals surface area (Å²) in [5.74, 6) is -0.998. The van der Waals surface area contributed by atoms with Crippen molar-refractivity contribution >= 4 is 23.6 Å². The number of aliphatic hydroxyl groups is 1. The monoisotopic (exact) mass is 844 g/mol. The number of ketones is 2. The third kappa shape index (κ3) is 9.25. The van der Waals surface area contributed by atoms with Gasteiger partial charge in [0.05, 0.1) is 42.3 Å². The van der Waals surface area contributed by atoms with Crippen molar-refractivity contribution in [1.29, 1.82) is 0 Å². The summed E-state index contributed by atoms with van der Waals surface area (Å²) >= 11 is 0. The van der Waals surface area contributed by atoms with Crippen molar-refractivity contribution in [2.45, 2.75) is 141 Å². The molecule has 3 aliphatic heterocycles. The minimum absolute atomic E-state index is 0.0201. The van der Waals surface area contributed by atoms with E-state index in [2.05, 4.69) is 27.1 Å². The van der Waals surface area contributed by atoms with E-state index < -0.39 is 89.1 Å². The molecule has 3 saturated heterocycles.